The average Bonchev–Trinajstić information content (AvgIpc) is 3.06. The standard InChI is InChI=1S/C18H27N3O3S/c1-20(16-8-3-2-4-9-16)25(23,24)19-14-15-7-5-10-17(13-15)21-12-6-11-18(21)22/h5,7,10,13,16,19H,2-4,6,8-9,11-12,14H2,1H3. The van der Waals surface area contributed by atoms with Crippen molar-refractivity contribution in [1.82, 2.24) is 9.03 Å². The molecule has 0 bridgehead atoms. The van der Waals surface area contributed by atoms with Crippen LogP contribution in [0.4, 0.5) is 5.69 Å². The molecule has 2 aliphatic rings. The molecule has 1 aromatic rings. The number of anilines is 1. The summed E-state index contributed by atoms with van der Waals surface area (Å²) >= 11 is 0. The van der Waals surface area contributed by atoms with Crippen molar-refractivity contribution in [3.8, 4) is 0 Å². The van der Waals surface area contributed by atoms with Crippen LogP contribution in [0.25, 0.3) is 0 Å². The lowest BCUT2D eigenvalue weighted by atomic mass is 9.96. The molecular formula is C18H27N3O3S. The molecule has 6 nitrogen and oxygen atoms in total. The van der Waals surface area contributed by atoms with Crippen LogP contribution in [0.5, 0.6) is 0 Å². The Kier molecular flexibility index (Phi) is 5.76. The molecule has 0 spiro atoms. The third kappa shape index (κ3) is 4.40. The second-order valence-electron chi connectivity index (χ2n) is 6.95. The Morgan fingerprint density at radius 3 is 2.64 bits per heavy atom. The summed E-state index contributed by atoms with van der Waals surface area (Å²) in [6.45, 7) is 0.966. The van der Waals surface area contributed by atoms with Crippen molar-refractivity contribution in [3.63, 3.8) is 0 Å². The molecule has 0 aromatic heterocycles. The van der Waals surface area contributed by atoms with Crippen LogP contribution < -0.4 is 9.62 Å². The van der Waals surface area contributed by atoms with Crippen molar-refractivity contribution in [2.24, 2.45) is 0 Å². The number of rotatable bonds is 6. The van der Waals surface area contributed by atoms with Gasteiger partial charge in [0.2, 0.25) is 5.91 Å². The SMILES string of the molecule is CN(C1CCCCC1)S(=O)(=O)NCc1cccc(N2CCCC2=O)c1. The third-order valence-corrected chi connectivity index (χ3v) is 6.79. The Balaban J connectivity index is 1.63. The van der Waals surface area contributed by atoms with E-state index in [2.05, 4.69) is 4.72 Å². The summed E-state index contributed by atoms with van der Waals surface area (Å²) in [7, 11) is -1.83. The quantitative estimate of drug-likeness (QED) is 0.842. The highest BCUT2D eigenvalue weighted by Crippen LogP contribution is 2.24. The Bertz CT molecular complexity index is 714. The Morgan fingerprint density at radius 2 is 1.96 bits per heavy atom. The van der Waals surface area contributed by atoms with Crippen molar-refractivity contribution >= 4 is 21.8 Å². The lowest BCUT2D eigenvalue weighted by Gasteiger charge is -2.30. The van der Waals surface area contributed by atoms with Crippen molar-refractivity contribution in [2.75, 3.05) is 18.5 Å². The summed E-state index contributed by atoms with van der Waals surface area (Å²) < 4.78 is 29.3. The van der Waals surface area contributed by atoms with E-state index in [0.717, 1.165) is 49.9 Å². The highest BCUT2D eigenvalue weighted by Gasteiger charge is 2.27. The molecule has 1 aromatic carbocycles. The first-order valence-electron chi connectivity index (χ1n) is 9.09. The van der Waals surface area contributed by atoms with Crippen LogP contribution in [0, 0.1) is 0 Å². The van der Waals surface area contributed by atoms with Crippen LogP contribution >= 0.6 is 0 Å². The molecule has 7 heteroatoms. The molecule has 1 aliphatic carbocycles. The van der Waals surface area contributed by atoms with Crippen LogP contribution in [-0.4, -0.2) is 38.3 Å². The first-order chi connectivity index (χ1) is 12.0. The van der Waals surface area contributed by atoms with Gasteiger partial charge in [-0.2, -0.15) is 17.4 Å². The fourth-order valence-electron chi connectivity index (χ4n) is 3.67. The van der Waals surface area contributed by atoms with E-state index in [1.165, 1.54) is 10.7 Å². The minimum absolute atomic E-state index is 0.0970. The fraction of sp³-hybridized carbons (Fsp3) is 0.611. The van der Waals surface area contributed by atoms with Gasteiger partial charge in [0, 0.05) is 38.3 Å². The van der Waals surface area contributed by atoms with E-state index in [1.54, 1.807) is 11.9 Å². The van der Waals surface area contributed by atoms with Gasteiger partial charge in [-0.15, -0.1) is 0 Å². The van der Waals surface area contributed by atoms with Crippen molar-refractivity contribution in [2.45, 2.75) is 57.5 Å². The van der Waals surface area contributed by atoms with Gasteiger partial charge in [-0.25, -0.2) is 0 Å². The molecule has 1 saturated heterocycles. The maximum atomic E-state index is 12.5. The maximum absolute atomic E-state index is 12.5. The first-order valence-corrected chi connectivity index (χ1v) is 10.5. The van der Waals surface area contributed by atoms with Gasteiger partial charge in [0.05, 0.1) is 0 Å². The maximum Gasteiger partial charge on any atom is 0.279 e. The van der Waals surface area contributed by atoms with Gasteiger partial charge in [0.15, 0.2) is 0 Å². The Hall–Kier alpha value is -1.44. The summed E-state index contributed by atoms with van der Waals surface area (Å²) in [5, 5.41) is 0. The van der Waals surface area contributed by atoms with E-state index in [0.29, 0.717) is 6.42 Å². The van der Waals surface area contributed by atoms with E-state index in [9.17, 15) is 13.2 Å². The minimum Gasteiger partial charge on any atom is -0.312 e. The Morgan fingerprint density at radius 1 is 1.20 bits per heavy atom. The second kappa shape index (κ2) is 7.85. The first kappa shape index (κ1) is 18.4. The van der Waals surface area contributed by atoms with E-state index in [4.69, 9.17) is 0 Å². The second-order valence-corrected chi connectivity index (χ2v) is 8.77. The van der Waals surface area contributed by atoms with Gasteiger partial charge in [-0.3, -0.25) is 4.79 Å². The highest BCUT2D eigenvalue weighted by atomic mass is 32.2. The zero-order valence-electron chi connectivity index (χ0n) is 14.8. The molecule has 1 amide bonds. The van der Waals surface area contributed by atoms with Crippen LogP contribution in [0.2, 0.25) is 0 Å². The highest BCUT2D eigenvalue weighted by molar-refractivity contribution is 7.87. The van der Waals surface area contributed by atoms with Crippen LogP contribution in [0.15, 0.2) is 24.3 Å². The summed E-state index contributed by atoms with van der Waals surface area (Å²) in [6.07, 6.45) is 6.71. The molecule has 25 heavy (non-hydrogen) atoms. The number of amides is 1. The van der Waals surface area contributed by atoms with Crippen LogP contribution in [0.1, 0.15) is 50.5 Å². The molecule has 1 aliphatic heterocycles. The molecule has 1 saturated carbocycles. The molecule has 0 atom stereocenters. The molecule has 3 rings (SSSR count). The summed E-state index contributed by atoms with van der Waals surface area (Å²) in [5.41, 5.74) is 1.71. The van der Waals surface area contributed by atoms with E-state index >= 15 is 0 Å². The van der Waals surface area contributed by atoms with Crippen LogP contribution in [-0.2, 0) is 21.5 Å². The van der Waals surface area contributed by atoms with Gasteiger partial charge in [0.1, 0.15) is 0 Å². The summed E-state index contributed by atoms with van der Waals surface area (Å²) in [5.74, 6) is 0.134. The molecule has 138 valence electrons. The number of hydrogen-bond donors (Lipinski definition) is 1. The van der Waals surface area contributed by atoms with Gasteiger partial charge in [-0.05, 0) is 37.0 Å². The van der Waals surface area contributed by atoms with E-state index in [-0.39, 0.29) is 18.5 Å². The molecule has 0 radical (unpaired) electrons. The molecule has 0 unspecified atom stereocenters. The van der Waals surface area contributed by atoms with Gasteiger partial charge in [0.25, 0.3) is 10.2 Å². The number of nitrogens with one attached hydrogen (secondary N) is 1. The van der Waals surface area contributed by atoms with E-state index < -0.39 is 10.2 Å². The number of carbonyl (C=O) groups is 1. The van der Waals surface area contributed by atoms with Crippen LogP contribution in [0.3, 0.4) is 0 Å². The average molecular weight is 365 g/mol. The number of hydrogen-bond acceptors (Lipinski definition) is 3. The van der Waals surface area contributed by atoms with E-state index in [1.807, 2.05) is 24.3 Å². The Labute approximate surface area is 150 Å². The van der Waals surface area contributed by atoms with Gasteiger partial charge < -0.3 is 4.90 Å². The smallest absolute Gasteiger partial charge is 0.279 e. The number of carbonyl (C=O) groups excluding carboxylic acids is 1. The lowest BCUT2D eigenvalue weighted by Crippen LogP contribution is -2.44. The number of nitrogens with zero attached hydrogens (tertiary/aromatic N) is 2. The number of benzene rings is 1. The topological polar surface area (TPSA) is 69.7 Å². The molecule has 1 heterocycles. The summed E-state index contributed by atoms with van der Waals surface area (Å²) in [4.78, 5) is 13.6. The van der Waals surface area contributed by atoms with Crippen molar-refractivity contribution in [3.05, 3.63) is 29.8 Å². The van der Waals surface area contributed by atoms with Gasteiger partial charge >= 0.3 is 0 Å². The summed E-state index contributed by atoms with van der Waals surface area (Å²) in [6, 6.07) is 7.64. The minimum atomic E-state index is -3.50. The normalized spacial score (nSPS) is 19.8. The third-order valence-electron chi connectivity index (χ3n) is 5.22. The molecular weight excluding hydrogens is 338 g/mol. The monoisotopic (exact) mass is 365 g/mol. The predicted molar refractivity (Wildman–Crippen MR) is 98.4 cm³/mol. The molecule has 2 fully saturated rings. The van der Waals surface area contributed by atoms with Gasteiger partial charge in [-0.1, -0.05) is 31.4 Å². The van der Waals surface area contributed by atoms with Crippen molar-refractivity contribution in [1.29, 1.82) is 0 Å². The van der Waals surface area contributed by atoms with Crippen molar-refractivity contribution < 1.29 is 13.2 Å². The zero-order chi connectivity index (χ0) is 17.9. The fourth-order valence-corrected chi connectivity index (χ4v) is 4.83. The largest absolute Gasteiger partial charge is 0.312 e. The molecule has 1 N–H and O–H groups in total. The lowest BCUT2D eigenvalue weighted by molar-refractivity contribution is -0.117. The zero-order valence-corrected chi connectivity index (χ0v) is 15.6. The predicted octanol–water partition coefficient (Wildman–Crippen LogP) is 2.41.